The molecule has 0 aliphatic heterocycles. The second kappa shape index (κ2) is 5.69. The lowest BCUT2D eigenvalue weighted by molar-refractivity contribution is 0.0696. The van der Waals surface area contributed by atoms with Crippen LogP contribution >= 0.6 is 0 Å². The van der Waals surface area contributed by atoms with E-state index < -0.39 is 17.6 Å². The fourth-order valence-corrected chi connectivity index (χ4v) is 1.69. The number of aromatic carboxylic acids is 1. The molecule has 104 valence electrons. The highest BCUT2D eigenvalue weighted by atomic mass is 19.1. The molecule has 0 fully saturated rings. The Labute approximate surface area is 114 Å². The summed E-state index contributed by atoms with van der Waals surface area (Å²) in [5, 5.41) is 8.83. The van der Waals surface area contributed by atoms with Crippen LogP contribution in [-0.4, -0.2) is 11.1 Å². The Bertz CT molecular complexity index is 654. The minimum Gasteiger partial charge on any atom is -0.489 e. The normalized spacial score (nSPS) is 10.3. The van der Waals surface area contributed by atoms with Crippen LogP contribution in [0.25, 0.3) is 0 Å². The van der Waals surface area contributed by atoms with Crippen molar-refractivity contribution >= 4 is 5.97 Å². The van der Waals surface area contributed by atoms with Gasteiger partial charge in [0.15, 0.2) is 0 Å². The Balaban J connectivity index is 2.14. The molecular formula is C15H12F2O3. The van der Waals surface area contributed by atoms with Crippen molar-refractivity contribution in [1.29, 1.82) is 0 Å². The molecule has 0 amide bonds. The van der Waals surface area contributed by atoms with E-state index in [1.54, 1.807) is 19.1 Å². The van der Waals surface area contributed by atoms with E-state index in [1.807, 2.05) is 0 Å². The maximum absolute atomic E-state index is 13.3. The van der Waals surface area contributed by atoms with E-state index >= 15 is 0 Å². The first kappa shape index (κ1) is 14.0. The first-order chi connectivity index (χ1) is 9.45. The first-order valence-corrected chi connectivity index (χ1v) is 5.87. The quantitative estimate of drug-likeness (QED) is 0.930. The number of rotatable bonds is 4. The second-order valence-electron chi connectivity index (χ2n) is 4.35. The average molecular weight is 278 g/mol. The summed E-state index contributed by atoms with van der Waals surface area (Å²) in [4.78, 5) is 10.8. The van der Waals surface area contributed by atoms with Crippen molar-refractivity contribution in [3.05, 3.63) is 64.7 Å². The molecule has 0 radical (unpaired) electrons. The number of hydrogen-bond donors (Lipinski definition) is 1. The van der Waals surface area contributed by atoms with E-state index in [2.05, 4.69) is 0 Å². The number of ether oxygens (including phenoxy) is 1. The highest BCUT2D eigenvalue weighted by Gasteiger charge is 2.08. The van der Waals surface area contributed by atoms with Gasteiger partial charge in [0.2, 0.25) is 0 Å². The standard InChI is InChI=1S/C15H12F2O3/c1-9-2-3-13(7-14(9)17)20-8-10-4-11(15(18)19)6-12(16)5-10/h2-7H,8H2,1H3,(H,18,19). The third-order valence-electron chi connectivity index (χ3n) is 2.75. The topological polar surface area (TPSA) is 46.5 Å². The van der Waals surface area contributed by atoms with Gasteiger partial charge in [-0.15, -0.1) is 0 Å². The van der Waals surface area contributed by atoms with Gasteiger partial charge in [-0.25, -0.2) is 13.6 Å². The second-order valence-corrected chi connectivity index (χ2v) is 4.35. The van der Waals surface area contributed by atoms with E-state index in [0.29, 0.717) is 16.9 Å². The van der Waals surface area contributed by atoms with Gasteiger partial charge in [0.25, 0.3) is 0 Å². The van der Waals surface area contributed by atoms with Gasteiger partial charge in [-0.2, -0.15) is 0 Å². The van der Waals surface area contributed by atoms with Crippen molar-refractivity contribution in [3.63, 3.8) is 0 Å². The molecule has 2 aromatic rings. The lowest BCUT2D eigenvalue weighted by Crippen LogP contribution is -2.02. The summed E-state index contributed by atoms with van der Waals surface area (Å²) in [5.41, 5.74) is 0.707. The summed E-state index contributed by atoms with van der Waals surface area (Å²) < 4.78 is 31.9. The zero-order valence-electron chi connectivity index (χ0n) is 10.7. The summed E-state index contributed by atoms with van der Waals surface area (Å²) in [7, 11) is 0. The first-order valence-electron chi connectivity index (χ1n) is 5.87. The highest BCUT2D eigenvalue weighted by Crippen LogP contribution is 2.18. The molecule has 2 aromatic carbocycles. The van der Waals surface area contributed by atoms with Gasteiger partial charge >= 0.3 is 5.97 Å². The van der Waals surface area contributed by atoms with Crippen LogP contribution in [0.5, 0.6) is 5.75 Å². The molecule has 0 aromatic heterocycles. The molecule has 0 atom stereocenters. The molecule has 2 rings (SSSR count). The lowest BCUT2D eigenvalue weighted by atomic mass is 10.1. The SMILES string of the molecule is Cc1ccc(OCc2cc(F)cc(C(=O)O)c2)cc1F. The maximum atomic E-state index is 13.3. The van der Waals surface area contributed by atoms with Gasteiger partial charge in [0, 0.05) is 6.07 Å². The molecule has 0 spiro atoms. The number of hydrogen-bond acceptors (Lipinski definition) is 2. The van der Waals surface area contributed by atoms with Gasteiger partial charge in [-0.05, 0) is 42.3 Å². The fourth-order valence-electron chi connectivity index (χ4n) is 1.69. The molecule has 0 unspecified atom stereocenters. The number of carbonyl (C=O) groups is 1. The number of halogens is 2. The van der Waals surface area contributed by atoms with E-state index in [1.165, 1.54) is 18.2 Å². The Morgan fingerprint density at radius 1 is 1.20 bits per heavy atom. The van der Waals surface area contributed by atoms with Crippen molar-refractivity contribution in [2.45, 2.75) is 13.5 Å². The number of aryl methyl sites for hydroxylation is 1. The van der Waals surface area contributed by atoms with E-state index in [0.717, 1.165) is 6.07 Å². The van der Waals surface area contributed by atoms with E-state index in [9.17, 15) is 13.6 Å². The molecule has 5 heteroatoms. The molecular weight excluding hydrogens is 266 g/mol. The molecule has 0 aliphatic carbocycles. The summed E-state index contributed by atoms with van der Waals surface area (Å²) in [6.07, 6.45) is 0. The molecule has 0 heterocycles. The van der Waals surface area contributed by atoms with Crippen LogP contribution in [0.15, 0.2) is 36.4 Å². The molecule has 0 saturated heterocycles. The highest BCUT2D eigenvalue weighted by molar-refractivity contribution is 5.87. The van der Waals surface area contributed by atoms with Crippen LogP contribution in [0.3, 0.4) is 0 Å². The minimum absolute atomic E-state index is 0.0411. The molecule has 20 heavy (non-hydrogen) atoms. The summed E-state index contributed by atoms with van der Waals surface area (Å²) in [6.45, 7) is 1.59. The van der Waals surface area contributed by atoms with Crippen molar-refractivity contribution in [2.24, 2.45) is 0 Å². The maximum Gasteiger partial charge on any atom is 0.335 e. The molecule has 3 nitrogen and oxygen atoms in total. The monoisotopic (exact) mass is 278 g/mol. The Morgan fingerprint density at radius 2 is 1.95 bits per heavy atom. The zero-order valence-corrected chi connectivity index (χ0v) is 10.7. The summed E-state index contributed by atoms with van der Waals surface area (Å²) in [6, 6.07) is 7.81. The van der Waals surface area contributed by atoms with E-state index in [4.69, 9.17) is 9.84 Å². The summed E-state index contributed by atoms with van der Waals surface area (Å²) >= 11 is 0. The van der Waals surface area contributed by atoms with Gasteiger partial charge in [0.1, 0.15) is 24.0 Å². The van der Waals surface area contributed by atoms with Crippen molar-refractivity contribution in [3.8, 4) is 5.75 Å². The van der Waals surface area contributed by atoms with Crippen molar-refractivity contribution in [1.82, 2.24) is 0 Å². The Kier molecular flexibility index (Phi) is 3.98. The van der Waals surface area contributed by atoms with Gasteiger partial charge in [0.05, 0.1) is 5.56 Å². The molecule has 0 bridgehead atoms. The summed E-state index contributed by atoms with van der Waals surface area (Å²) in [5.74, 6) is -1.96. The fraction of sp³-hybridized carbons (Fsp3) is 0.133. The number of benzene rings is 2. The van der Waals surface area contributed by atoms with Crippen LogP contribution in [0.4, 0.5) is 8.78 Å². The van der Waals surface area contributed by atoms with Gasteiger partial charge < -0.3 is 9.84 Å². The minimum atomic E-state index is -1.22. The molecule has 0 aliphatic rings. The predicted octanol–water partition coefficient (Wildman–Crippen LogP) is 3.55. The number of carboxylic acid groups (broad SMARTS) is 1. The van der Waals surface area contributed by atoms with Gasteiger partial charge in [-0.1, -0.05) is 6.07 Å². The van der Waals surface area contributed by atoms with Crippen LogP contribution in [0.1, 0.15) is 21.5 Å². The largest absolute Gasteiger partial charge is 0.489 e. The van der Waals surface area contributed by atoms with Crippen LogP contribution < -0.4 is 4.74 Å². The van der Waals surface area contributed by atoms with Crippen LogP contribution in [0, 0.1) is 18.6 Å². The molecule has 1 N–H and O–H groups in total. The smallest absolute Gasteiger partial charge is 0.335 e. The Hall–Kier alpha value is -2.43. The zero-order chi connectivity index (χ0) is 14.7. The van der Waals surface area contributed by atoms with Crippen LogP contribution in [0.2, 0.25) is 0 Å². The lowest BCUT2D eigenvalue weighted by Gasteiger charge is -2.08. The average Bonchev–Trinajstić information content (AvgIpc) is 2.39. The predicted molar refractivity (Wildman–Crippen MR) is 68.8 cm³/mol. The Morgan fingerprint density at radius 3 is 2.60 bits per heavy atom. The van der Waals surface area contributed by atoms with Crippen molar-refractivity contribution in [2.75, 3.05) is 0 Å². The number of carboxylic acids is 1. The van der Waals surface area contributed by atoms with Crippen molar-refractivity contribution < 1.29 is 23.4 Å². The van der Waals surface area contributed by atoms with Gasteiger partial charge in [-0.3, -0.25) is 0 Å². The van der Waals surface area contributed by atoms with E-state index in [-0.39, 0.29) is 12.2 Å². The third-order valence-corrected chi connectivity index (χ3v) is 2.75. The third kappa shape index (κ3) is 3.32. The molecule has 0 saturated carbocycles. The van der Waals surface area contributed by atoms with Crippen LogP contribution in [-0.2, 0) is 6.61 Å².